The van der Waals surface area contributed by atoms with Crippen molar-refractivity contribution < 1.29 is 58.9 Å². The van der Waals surface area contributed by atoms with E-state index in [0.717, 1.165) is 6.07 Å². The van der Waals surface area contributed by atoms with Gasteiger partial charge in [0.2, 0.25) is 0 Å². The molecule has 0 spiro atoms. The zero-order valence-electron chi connectivity index (χ0n) is 7.92. The van der Waals surface area contributed by atoms with Gasteiger partial charge in [0.15, 0.2) is 0 Å². The summed E-state index contributed by atoms with van der Waals surface area (Å²) in [6.07, 6.45) is 0. The summed E-state index contributed by atoms with van der Waals surface area (Å²) in [6.45, 7) is 0. The molecular weight excluding hydrogens is 266 g/mol. The molecule has 1 rings (SSSR count). The van der Waals surface area contributed by atoms with Crippen molar-refractivity contribution in [2.24, 2.45) is 0 Å². The van der Waals surface area contributed by atoms with Crippen molar-refractivity contribution in [3.05, 3.63) is 29.8 Å². The first-order valence-corrected chi connectivity index (χ1v) is 5.41. The Hall–Kier alpha value is -0.310. The third kappa shape index (κ3) is 3.93. The van der Waals surface area contributed by atoms with Crippen LogP contribution in [0.1, 0.15) is 10.4 Å². The molecule has 0 heterocycles. The van der Waals surface area contributed by atoms with Gasteiger partial charge in [-0.25, -0.2) is 0 Å². The van der Waals surface area contributed by atoms with Gasteiger partial charge in [-0.3, -0.25) is 0 Å². The minimum absolute atomic E-state index is 0. The standard InChI is InChI=1S/C7H5F5O2S.Na/c8-15(9,10,11,12)6-3-1-2-5(4-6)7(13)14;/h1-4H,(H,13,14);/q;+1/p-1. The summed E-state index contributed by atoms with van der Waals surface area (Å²) in [5, 5.41) is 10.2. The molecule has 0 saturated carbocycles. The molecule has 0 saturated heterocycles. The van der Waals surface area contributed by atoms with E-state index in [9.17, 15) is 29.3 Å². The minimum atomic E-state index is -9.80. The molecule has 2 nitrogen and oxygen atoms in total. The van der Waals surface area contributed by atoms with Crippen LogP contribution < -0.4 is 34.7 Å². The van der Waals surface area contributed by atoms with Crippen molar-refractivity contribution in [2.75, 3.05) is 0 Å². The Morgan fingerprint density at radius 2 is 1.62 bits per heavy atom. The number of carbonyl (C=O) groups excluding carboxylic acids is 1. The first kappa shape index (κ1) is 15.7. The van der Waals surface area contributed by atoms with Crippen molar-refractivity contribution in [3.63, 3.8) is 0 Å². The maximum atomic E-state index is 12.2. The van der Waals surface area contributed by atoms with Crippen LogP contribution in [0.25, 0.3) is 0 Å². The Morgan fingerprint density at radius 1 is 1.12 bits per heavy atom. The summed E-state index contributed by atoms with van der Waals surface area (Å²) in [4.78, 5) is 7.94. The third-order valence-corrected chi connectivity index (χ3v) is 2.66. The molecule has 0 N–H and O–H groups in total. The van der Waals surface area contributed by atoms with E-state index in [1.54, 1.807) is 0 Å². The van der Waals surface area contributed by atoms with Gasteiger partial charge in [0, 0.05) is 0 Å². The summed E-state index contributed by atoms with van der Waals surface area (Å²) in [5.74, 6) is -1.95. The molecule has 16 heavy (non-hydrogen) atoms. The van der Waals surface area contributed by atoms with Crippen LogP contribution in [0.2, 0.25) is 0 Å². The Balaban J connectivity index is 0.00000225. The maximum Gasteiger partial charge on any atom is 1.00 e. The largest absolute Gasteiger partial charge is 1.00 e. The zero-order chi connectivity index (χ0) is 12.0. The molecule has 0 aliphatic carbocycles. The van der Waals surface area contributed by atoms with Gasteiger partial charge in [-0.05, 0) is 17.7 Å². The van der Waals surface area contributed by atoms with E-state index in [4.69, 9.17) is 0 Å². The minimum Gasteiger partial charge on any atom is -0.545 e. The van der Waals surface area contributed by atoms with Gasteiger partial charge in [0.25, 0.3) is 0 Å². The summed E-state index contributed by atoms with van der Waals surface area (Å²) in [6, 6.07) is 1.30. The molecule has 0 aromatic heterocycles. The average Bonchev–Trinajstić information content (AvgIpc) is 2.00. The van der Waals surface area contributed by atoms with Gasteiger partial charge < -0.3 is 9.90 Å². The number of carbonyl (C=O) groups is 1. The maximum absolute atomic E-state index is 12.2. The smallest absolute Gasteiger partial charge is 0.545 e. The topological polar surface area (TPSA) is 40.1 Å². The molecule has 0 bridgehead atoms. The second-order valence-electron chi connectivity index (χ2n) is 2.78. The first-order chi connectivity index (χ1) is 6.40. The van der Waals surface area contributed by atoms with E-state index in [2.05, 4.69) is 0 Å². The molecule has 86 valence electrons. The molecule has 0 atom stereocenters. The molecule has 0 unspecified atom stereocenters. The molecule has 9 heteroatoms. The Bertz CT molecular complexity index is 429. The van der Waals surface area contributed by atoms with E-state index in [1.165, 1.54) is 0 Å². The second kappa shape index (κ2) is 3.59. The van der Waals surface area contributed by atoms with E-state index >= 15 is 0 Å². The van der Waals surface area contributed by atoms with Crippen molar-refractivity contribution in [1.29, 1.82) is 0 Å². The normalized spacial score (nSPS) is 15.6. The Labute approximate surface area is 109 Å². The molecule has 1 aromatic carbocycles. The molecule has 0 aliphatic heterocycles. The predicted molar refractivity (Wildman–Crippen MR) is 42.2 cm³/mol. The van der Waals surface area contributed by atoms with Crippen LogP contribution in [0.3, 0.4) is 0 Å². The number of hydrogen-bond donors (Lipinski definition) is 0. The van der Waals surface area contributed by atoms with Gasteiger partial charge >= 0.3 is 39.8 Å². The van der Waals surface area contributed by atoms with E-state index < -0.39 is 26.7 Å². The average molecular weight is 270 g/mol. The monoisotopic (exact) mass is 270 g/mol. The number of carboxylic acids is 1. The molecule has 0 amide bonds. The SMILES string of the molecule is O=C([O-])c1cccc(S(F)(F)(F)(F)F)c1.[Na+]. The Kier molecular flexibility index (Phi) is 3.52. The fraction of sp³-hybridized carbons (Fsp3) is 0. The van der Waals surface area contributed by atoms with Crippen LogP contribution in [0.5, 0.6) is 0 Å². The van der Waals surface area contributed by atoms with Crippen LogP contribution >= 0.6 is 10.2 Å². The third-order valence-electron chi connectivity index (χ3n) is 1.52. The molecule has 0 radical (unpaired) electrons. The summed E-state index contributed by atoms with van der Waals surface area (Å²) < 4.78 is 60.9. The van der Waals surface area contributed by atoms with Crippen molar-refractivity contribution in [1.82, 2.24) is 0 Å². The summed E-state index contributed by atoms with van der Waals surface area (Å²) >= 11 is 0. The number of hydrogen-bond acceptors (Lipinski definition) is 2. The zero-order valence-corrected chi connectivity index (χ0v) is 10.7. The van der Waals surface area contributed by atoms with E-state index in [0.29, 0.717) is 6.07 Å². The fourth-order valence-electron chi connectivity index (χ4n) is 0.863. The predicted octanol–water partition coefficient (Wildman–Crippen LogP) is -0.288. The van der Waals surface area contributed by atoms with Gasteiger partial charge in [0.1, 0.15) is 4.90 Å². The van der Waals surface area contributed by atoms with Crippen LogP contribution in [-0.4, -0.2) is 5.97 Å². The van der Waals surface area contributed by atoms with Crippen LogP contribution in [0, 0.1) is 0 Å². The summed E-state index contributed by atoms with van der Waals surface area (Å²) in [7, 11) is -9.80. The number of benzene rings is 1. The van der Waals surface area contributed by atoms with E-state index in [-0.39, 0.29) is 41.7 Å². The number of rotatable bonds is 2. The van der Waals surface area contributed by atoms with Gasteiger partial charge in [-0.15, -0.1) is 0 Å². The van der Waals surface area contributed by atoms with Crippen molar-refractivity contribution in [3.8, 4) is 0 Å². The van der Waals surface area contributed by atoms with Crippen LogP contribution in [0.4, 0.5) is 19.4 Å². The first-order valence-electron chi connectivity index (χ1n) is 3.46. The van der Waals surface area contributed by atoms with Gasteiger partial charge in [-0.2, -0.15) is 0 Å². The van der Waals surface area contributed by atoms with Crippen molar-refractivity contribution in [2.45, 2.75) is 4.90 Å². The van der Waals surface area contributed by atoms with Crippen LogP contribution in [-0.2, 0) is 0 Å². The quantitative estimate of drug-likeness (QED) is 0.547. The molecule has 1 aromatic rings. The van der Waals surface area contributed by atoms with Crippen LogP contribution in [0.15, 0.2) is 29.2 Å². The second-order valence-corrected chi connectivity index (χ2v) is 5.19. The van der Waals surface area contributed by atoms with Gasteiger partial charge in [-0.1, -0.05) is 31.6 Å². The molecule has 0 aliphatic rings. The molecular formula is C7H4F5NaO2S. The number of halogens is 5. The summed E-state index contributed by atoms with van der Waals surface area (Å²) in [5.41, 5.74) is -0.944. The van der Waals surface area contributed by atoms with E-state index in [1.807, 2.05) is 0 Å². The number of carboxylic acid groups (broad SMARTS) is 1. The van der Waals surface area contributed by atoms with Gasteiger partial charge in [0.05, 0.1) is 5.97 Å². The molecule has 0 fully saturated rings. The van der Waals surface area contributed by atoms with Crippen molar-refractivity contribution >= 4 is 16.2 Å². The number of aromatic carboxylic acids is 1. The Morgan fingerprint density at radius 3 is 2.00 bits per heavy atom. The fourth-order valence-corrected chi connectivity index (χ4v) is 1.55.